The number of carbonyl (C=O) groups excluding carboxylic acids is 2. The summed E-state index contributed by atoms with van der Waals surface area (Å²) in [4.78, 5) is 29.6. The lowest BCUT2D eigenvalue weighted by atomic mass is 10.2. The Kier molecular flexibility index (Phi) is 4.06. The normalized spacial score (nSPS) is 17.4. The highest BCUT2D eigenvalue weighted by Crippen LogP contribution is 2.27. The number of ether oxygens (including phenoxy) is 1. The molecule has 3 rings (SSSR count). The maximum absolute atomic E-state index is 11.9. The van der Waals surface area contributed by atoms with Crippen molar-refractivity contribution >= 4 is 29.0 Å². The highest BCUT2D eigenvalue weighted by Gasteiger charge is 2.32. The number of cyclic esters (lactones) is 1. The van der Waals surface area contributed by atoms with Gasteiger partial charge in [0.15, 0.2) is 0 Å². The molecule has 6 nitrogen and oxygen atoms in total. The van der Waals surface area contributed by atoms with Gasteiger partial charge in [0.2, 0.25) is 5.91 Å². The van der Waals surface area contributed by atoms with E-state index in [-0.39, 0.29) is 18.1 Å². The second-order valence-corrected chi connectivity index (χ2v) is 5.85. The maximum atomic E-state index is 11.9. The van der Waals surface area contributed by atoms with Crippen molar-refractivity contribution < 1.29 is 14.3 Å². The van der Waals surface area contributed by atoms with E-state index in [1.54, 1.807) is 21.7 Å². The van der Waals surface area contributed by atoms with E-state index < -0.39 is 0 Å². The number of amides is 2. The fourth-order valence-electron chi connectivity index (χ4n) is 2.26. The zero-order valence-corrected chi connectivity index (χ0v) is 12.8. The van der Waals surface area contributed by atoms with E-state index in [0.29, 0.717) is 13.1 Å². The van der Waals surface area contributed by atoms with Gasteiger partial charge in [-0.2, -0.15) is 0 Å². The number of aromatic nitrogens is 1. The van der Waals surface area contributed by atoms with Crippen LogP contribution in [0.15, 0.2) is 36.0 Å². The zero-order valence-electron chi connectivity index (χ0n) is 12.0. The molecular weight excluding hydrogens is 302 g/mol. The summed E-state index contributed by atoms with van der Waals surface area (Å²) >= 11 is 1.57. The molecule has 0 spiro atoms. The van der Waals surface area contributed by atoms with Crippen molar-refractivity contribution in [2.75, 3.05) is 18.0 Å². The molecule has 2 heterocycles. The minimum absolute atomic E-state index is 0.136. The topological polar surface area (TPSA) is 71.5 Å². The van der Waals surface area contributed by atoms with Gasteiger partial charge in [-0.1, -0.05) is 12.1 Å². The molecule has 2 amide bonds. The highest BCUT2D eigenvalue weighted by molar-refractivity contribution is 7.13. The first-order chi connectivity index (χ1) is 10.6. The Morgan fingerprint density at radius 2 is 2.23 bits per heavy atom. The van der Waals surface area contributed by atoms with Crippen LogP contribution in [0.25, 0.3) is 10.4 Å². The predicted molar refractivity (Wildman–Crippen MR) is 83.8 cm³/mol. The molecule has 1 N–H and O–H groups in total. The largest absolute Gasteiger partial charge is 0.442 e. The van der Waals surface area contributed by atoms with Gasteiger partial charge in [0, 0.05) is 18.8 Å². The average molecular weight is 317 g/mol. The number of thiazole rings is 1. The van der Waals surface area contributed by atoms with Gasteiger partial charge < -0.3 is 10.1 Å². The fourth-order valence-corrected chi connectivity index (χ4v) is 2.89. The molecule has 1 aliphatic rings. The molecule has 7 heteroatoms. The van der Waals surface area contributed by atoms with Crippen LogP contribution in [0.4, 0.5) is 10.5 Å². The summed E-state index contributed by atoms with van der Waals surface area (Å²) in [6.45, 7) is 2.20. The van der Waals surface area contributed by atoms with Crippen molar-refractivity contribution in [1.29, 1.82) is 0 Å². The van der Waals surface area contributed by atoms with Crippen LogP contribution in [-0.2, 0) is 9.53 Å². The van der Waals surface area contributed by atoms with E-state index in [0.717, 1.165) is 16.1 Å². The van der Waals surface area contributed by atoms with E-state index in [1.165, 1.54) is 6.92 Å². The first-order valence-electron chi connectivity index (χ1n) is 6.85. The van der Waals surface area contributed by atoms with Crippen LogP contribution in [0, 0.1) is 0 Å². The summed E-state index contributed by atoms with van der Waals surface area (Å²) < 4.78 is 5.25. The summed E-state index contributed by atoms with van der Waals surface area (Å²) in [6.07, 6.45) is 1.10. The smallest absolute Gasteiger partial charge is 0.414 e. The second kappa shape index (κ2) is 6.15. The third-order valence-corrected chi connectivity index (χ3v) is 4.17. The Morgan fingerprint density at radius 1 is 1.45 bits per heavy atom. The predicted octanol–water partition coefficient (Wildman–Crippen LogP) is 2.27. The number of hydrogen-bond donors (Lipinski definition) is 1. The summed E-state index contributed by atoms with van der Waals surface area (Å²) in [5.41, 5.74) is 3.63. The second-order valence-electron chi connectivity index (χ2n) is 4.97. The van der Waals surface area contributed by atoms with Crippen LogP contribution >= 0.6 is 11.3 Å². The van der Waals surface area contributed by atoms with Gasteiger partial charge in [0.1, 0.15) is 6.10 Å². The lowest BCUT2D eigenvalue weighted by Crippen LogP contribution is -2.33. The van der Waals surface area contributed by atoms with Gasteiger partial charge in [0.25, 0.3) is 0 Å². The molecule has 1 aromatic heterocycles. The monoisotopic (exact) mass is 317 g/mol. The molecule has 0 radical (unpaired) electrons. The molecule has 0 aliphatic carbocycles. The van der Waals surface area contributed by atoms with Crippen LogP contribution in [-0.4, -0.2) is 36.2 Å². The van der Waals surface area contributed by atoms with E-state index in [9.17, 15) is 9.59 Å². The Bertz CT molecular complexity index is 670. The van der Waals surface area contributed by atoms with Crippen LogP contribution in [0.2, 0.25) is 0 Å². The molecule has 114 valence electrons. The Labute approximate surface area is 131 Å². The third kappa shape index (κ3) is 3.09. The quantitative estimate of drug-likeness (QED) is 0.939. The average Bonchev–Trinajstić information content (AvgIpc) is 3.15. The number of nitrogens with zero attached hydrogens (tertiary/aromatic N) is 2. The third-order valence-electron chi connectivity index (χ3n) is 3.35. The Morgan fingerprint density at radius 3 is 2.86 bits per heavy atom. The molecule has 0 saturated carbocycles. The number of anilines is 1. The first kappa shape index (κ1) is 14.5. The standard InChI is InChI=1S/C15H15N3O3S/c1-10(19)17-6-13-8-18(15(20)21-13)12-4-2-11(3-5-12)14-7-16-9-22-14/h2-5,7,9,13H,6,8H2,1H3,(H,17,19)/t13-/m0/s1. The maximum Gasteiger partial charge on any atom is 0.414 e. The minimum Gasteiger partial charge on any atom is -0.442 e. The van der Waals surface area contributed by atoms with Gasteiger partial charge in [-0.25, -0.2) is 4.79 Å². The molecule has 1 saturated heterocycles. The molecule has 1 aromatic carbocycles. The van der Waals surface area contributed by atoms with Crippen LogP contribution in [0.3, 0.4) is 0 Å². The molecule has 1 atom stereocenters. The minimum atomic E-state index is -0.388. The van der Waals surface area contributed by atoms with E-state index in [1.807, 2.05) is 30.5 Å². The lowest BCUT2D eigenvalue weighted by molar-refractivity contribution is -0.119. The molecule has 1 fully saturated rings. The lowest BCUT2D eigenvalue weighted by Gasteiger charge is -2.13. The molecule has 0 unspecified atom stereocenters. The van der Waals surface area contributed by atoms with E-state index in [4.69, 9.17) is 4.74 Å². The van der Waals surface area contributed by atoms with Gasteiger partial charge in [-0.3, -0.25) is 14.7 Å². The van der Waals surface area contributed by atoms with Gasteiger partial charge in [-0.15, -0.1) is 11.3 Å². The van der Waals surface area contributed by atoms with Gasteiger partial charge >= 0.3 is 6.09 Å². The molecular formula is C15H15N3O3S. The van der Waals surface area contributed by atoms with Crippen molar-refractivity contribution in [3.63, 3.8) is 0 Å². The van der Waals surface area contributed by atoms with Crippen molar-refractivity contribution in [3.05, 3.63) is 36.0 Å². The van der Waals surface area contributed by atoms with Gasteiger partial charge in [0.05, 0.1) is 23.5 Å². The SMILES string of the molecule is CC(=O)NC[C@H]1CN(c2ccc(-c3cncs3)cc2)C(=O)O1. The van der Waals surface area contributed by atoms with E-state index >= 15 is 0 Å². The number of hydrogen-bond acceptors (Lipinski definition) is 5. The fraction of sp³-hybridized carbons (Fsp3) is 0.267. The molecule has 0 bridgehead atoms. The highest BCUT2D eigenvalue weighted by atomic mass is 32.1. The number of nitrogens with one attached hydrogen (secondary N) is 1. The molecule has 1 aliphatic heterocycles. The van der Waals surface area contributed by atoms with Crippen LogP contribution in [0.1, 0.15) is 6.92 Å². The van der Waals surface area contributed by atoms with E-state index in [2.05, 4.69) is 10.3 Å². The molecule has 22 heavy (non-hydrogen) atoms. The number of benzene rings is 1. The zero-order chi connectivity index (χ0) is 15.5. The molecule has 2 aromatic rings. The summed E-state index contributed by atoms with van der Waals surface area (Å²) in [7, 11) is 0. The summed E-state index contributed by atoms with van der Waals surface area (Å²) in [6, 6.07) is 7.68. The summed E-state index contributed by atoms with van der Waals surface area (Å²) in [5.74, 6) is -0.136. The number of rotatable bonds is 4. The van der Waals surface area contributed by atoms with Crippen molar-refractivity contribution in [3.8, 4) is 10.4 Å². The Hall–Kier alpha value is -2.41. The summed E-state index contributed by atoms with van der Waals surface area (Å²) in [5, 5.41) is 2.66. The van der Waals surface area contributed by atoms with Crippen LogP contribution < -0.4 is 10.2 Å². The van der Waals surface area contributed by atoms with Crippen molar-refractivity contribution in [2.24, 2.45) is 0 Å². The Balaban J connectivity index is 1.69. The van der Waals surface area contributed by atoms with Crippen molar-refractivity contribution in [1.82, 2.24) is 10.3 Å². The first-order valence-corrected chi connectivity index (χ1v) is 7.73. The van der Waals surface area contributed by atoms with Gasteiger partial charge in [-0.05, 0) is 17.7 Å². The van der Waals surface area contributed by atoms with Crippen LogP contribution in [0.5, 0.6) is 0 Å². The van der Waals surface area contributed by atoms with Crippen molar-refractivity contribution in [2.45, 2.75) is 13.0 Å². The number of carbonyl (C=O) groups is 2.